The molecule has 0 unspecified atom stereocenters. The summed E-state index contributed by atoms with van der Waals surface area (Å²) < 4.78 is 29.7. The van der Waals surface area contributed by atoms with Gasteiger partial charge in [-0.1, -0.05) is 19.1 Å². The van der Waals surface area contributed by atoms with Crippen LogP contribution in [0.25, 0.3) is 10.9 Å². The molecule has 1 aliphatic carbocycles. The minimum Gasteiger partial charge on any atom is -0.282 e. The summed E-state index contributed by atoms with van der Waals surface area (Å²) in [6, 6.07) is 7.11. The van der Waals surface area contributed by atoms with Gasteiger partial charge in [0.1, 0.15) is 0 Å². The fraction of sp³-hybridized carbons (Fsp3) is 0.462. The van der Waals surface area contributed by atoms with Gasteiger partial charge in [0.25, 0.3) is 11.5 Å². The van der Waals surface area contributed by atoms with Gasteiger partial charge in [-0.3, -0.25) is 14.2 Å². The normalized spacial score (nSPS) is 25.6. The molecule has 1 aromatic heterocycles. The van der Waals surface area contributed by atoms with Crippen LogP contribution < -0.4 is 5.56 Å². The van der Waals surface area contributed by atoms with Crippen LogP contribution in [0, 0.1) is 11.8 Å². The molecule has 3 nitrogen and oxygen atoms in total. The molecule has 1 saturated carbocycles. The maximum atomic E-state index is 13.3. The second-order valence-electron chi connectivity index (χ2n) is 5.00. The van der Waals surface area contributed by atoms with Crippen LogP contribution in [0.1, 0.15) is 6.92 Å². The molecule has 18 heavy (non-hydrogen) atoms. The minimum atomic E-state index is -2.60. The fourth-order valence-corrected chi connectivity index (χ4v) is 2.57. The highest BCUT2D eigenvalue weighted by Gasteiger charge is 2.65. The first-order valence-electron chi connectivity index (χ1n) is 5.97. The van der Waals surface area contributed by atoms with Crippen LogP contribution in [0.15, 0.2) is 29.1 Å². The third kappa shape index (κ3) is 1.36. The molecule has 0 bridgehead atoms. The summed E-state index contributed by atoms with van der Waals surface area (Å²) in [7, 11) is 1.62. The Kier molecular flexibility index (Phi) is 2.18. The molecule has 0 spiro atoms. The van der Waals surface area contributed by atoms with Gasteiger partial charge in [0, 0.05) is 19.5 Å². The van der Waals surface area contributed by atoms with Crippen LogP contribution in [-0.2, 0) is 13.6 Å². The Morgan fingerprint density at radius 1 is 1.33 bits per heavy atom. The molecule has 1 aliphatic rings. The van der Waals surface area contributed by atoms with Crippen molar-refractivity contribution in [2.75, 3.05) is 0 Å². The number of benzene rings is 1. The number of halogens is 2. The highest BCUT2D eigenvalue weighted by atomic mass is 19.3. The summed E-state index contributed by atoms with van der Waals surface area (Å²) in [5.41, 5.74) is 0.585. The largest absolute Gasteiger partial charge is 0.282 e. The van der Waals surface area contributed by atoms with E-state index in [0.717, 1.165) is 5.52 Å². The monoisotopic (exact) mass is 252 g/mol. The van der Waals surface area contributed by atoms with Gasteiger partial charge in [-0.15, -0.1) is 0 Å². The first-order chi connectivity index (χ1) is 8.44. The van der Waals surface area contributed by atoms with Crippen molar-refractivity contribution in [3.8, 4) is 0 Å². The van der Waals surface area contributed by atoms with Crippen LogP contribution >= 0.6 is 0 Å². The van der Waals surface area contributed by atoms with Gasteiger partial charge in [-0.05, 0) is 12.1 Å². The molecular formula is C13H14F2N2O. The maximum absolute atomic E-state index is 13.3. The Balaban J connectivity index is 2.08. The molecule has 0 aliphatic heterocycles. The number of hydrogen-bond acceptors (Lipinski definition) is 1. The molecule has 2 aromatic rings. The number of para-hydroxylation sites is 1. The zero-order valence-corrected chi connectivity index (χ0v) is 10.2. The van der Waals surface area contributed by atoms with E-state index in [2.05, 4.69) is 0 Å². The van der Waals surface area contributed by atoms with Crippen LogP contribution in [0.4, 0.5) is 8.78 Å². The highest BCUT2D eigenvalue weighted by Crippen LogP contribution is 2.55. The number of alkyl halides is 2. The van der Waals surface area contributed by atoms with E-state index < -0.39 is 17.8 Å². The van der Waals surface area contributed by atoms with E-state index in [0.29, 0.717) is 5.39 Å². The molecule has 3 rings (SSSR count). The van der Waals surface area contributed by atoms with E-state index in [9.17, 15) is 13.6 Å². The van der Waals surface area contributed by atoms with Gasteiger partial charge in [-0.25, -0.2) is 8.78 Å². The molecular weight excluding hydrogens is 238 g/mol. The molecule has 96 valence electrons. The molecule has 0 amide bonds. The molecule has 1 heterocycles. The summed E-state index contributed by atoms with van der Waals surface area (Å²) in [4.78, 5) is 11.9. The Labute approximate surface area is 103 Å². The fourth-order valence-electron chi connectivity index (χ4n) is 2.57. The molecule has 2 atom stereocenters. The minimum absolute atomic E-state index is 0.137. The van der Waals surface area contributed by atoms with E-state index in [1.165, 1.54) is 4.68 Å². The molecule has 5 heteroatoms. The molecule has 1 aromatic carbocycles. The number of hydrogen-bond donors (Lipinski definition) is 0. The number of rotatable bonds is 2. The van der Waals surface area contributed by atoms with Crippen molar-refractivity contribution in [2.45, 2.75) is 19.4 Å². The summed E-state index contributed by atoms with van der Waals surface area (Å²) in [5, 5.41) is 0.580. The number of fused-ring (bicyclic) bond motifs is 1. The SMILES string of the molecule is C[C@@H]1[C@@H](Cn2c3ccccc3c(=O)n2C)C1(F)F. The van der Waals surface area contributed by atoms with Crippen LogP contribution in [-0.4, -0.2) is 15.3 Å². The lowest BCUT2D eigenvalue weighted by molar-refractivity contribution is 0.0826. The average molecular weight is 252 g/mol. The molecule has 0 N–H and O–H groups in total. The molecule has 1 fully saturated rings. The summed E-state index contributed by atoms with van der Waals surface area (Å²) >= 11 is 0. The van der Waals surface area contributed by atoms with Gasteiger partial charge in [0.05, 0.1) is 16.8 Å². The average Bonchev–Trinajstić information content (AvgIpc) is 2.71. The van der Waals surface area contributed by atoms with Crippen molar-refractivity contribution in [2.24, 2.45) is 18.9 Å². The second-order valence-corrected chi connectivity index (χ2v) is 5.00. The predicted molar refractivity (Wildman–Crippen MR) is 64.8 cm³/mol. The zero-order chi connectivity index (χ0) is 13.1. The van der Waals surface area contributed by atoms with Crippen LogP contribution in [0.5, 0.6) is 0 Å². The third-order valence-corrected chi connectivity index (χ3v) is 4.03. The topological polar surface area (TPSA) is 26.9 Å². The quantitative estimate of drug-likeness (QED) is 0.805. The van der Waals surface area contributed by atoms with E-state index in [1.807, 2.05) is 6.07 Å². The predicted octanol–water partition coefficient (Wildman–Crippen LogP) is 2.24. The van der Waals surface area contributed by atoms with Crippen LogP contribution in [0.2, 0.25) is 0 Å². The summed E-state index contributed by atoms with van der Waals surface area (Å²) in [6.07, 6.45) is 0. The van der Waals surface area contributed by atoms with Crippen molar-refractivity contribution in [1.82, 2.24) is 9.36 Å². The van der Waals surface area contributed by atoms with Crippen molar-refractivity contribution < 1.29 is 8.78 Å². The smallest absolute Gasteiger partial charge is 0.274 e. The molecule has 0 saturated heterocycles. The van der Waals surface area contributed by atoms with Gasteiger partial charge in [0.15, 0.2) is 0 Å². The van der Waals surface area contributed by atoms with Crippen molar-refractivity contribution >= 4 is 10.9 Å². The van der Waals surface area contributed by atoms with Crippen molar-refractivity contribution in [3.05, 3.63) is 34.6 Å². The number of aromatic nitrogens is 2. The second kappa shape index (κ2) is 3.43. The summed E-state index contributed by atoms with van der Waals surface area (Å²) in [6.45, 7) is 1.74. The van der Waals surface area contributed by atoms with E-state index in [-0.39, 0.29) is 12.1 Å². The first kappa shape index (κ1) is 11.4. The third-order valence-electron chi connectivity index (χ3n) is 4.03. The van der Waals surface area contributed by atoms with Gasteiger partial charge < -0.3 is 0 Å². The van der Waals surface area contributed by atoms with Gasteiger partial charge in [-0.2, -0.15) is 0 Å². The lowest BCUT2D eigenvalue weighted by atomic mass is 10.2. The van der Waals surface area contributed by atoms with Gasteiger partial charge in [0.2, 0.25) is 0 Å². The number of nitrogens with zero attached hydrogens (tertiary/aromatic N) is 2. The lowest BCUT2D eigenvalue weighted by Crippen LogP contribution is -2.20. The Morgan fingerprint density at radius 3 is 2.56 bits per heavy atom. The zero-order valence-electron chi connectivity index (χ0n) is 10.2. The van der Waals surface area contributed by atoms with E-state index in [4.69, 9.17) is 0 Å². The van der Waals surface area contributed by atoms with Crippen LogP contribution in [0.3, 0.4) is 0 Å². The Morgan fingerprint density at radius 2 is 1.94 bits per heavy atom. The first-order valence-corrected chi connectivity index (χ1v) is 5.97. The Hall–Kier alpha value is -1.65. The van der Waals surface area contributed by atoms with E-state index in [1.54, 1.807) is 36.9 Å². The highest BCUT2D eigenvalue weighted by molar-refractivity contribution is 5.78. The van der Waals surface area contributed by atoms with Crippen molar-refractivity contribution in [3.63, 3.8) is 0 Å². The summed E-state index contributed by atoms with van der Waals surface area (Å²) in [5.74, 6) is -3.87. The van der Waals surface area contributed by atoms with E-state index >= 15 is 0 Å². The standard InChI is InChI=1S/C13H14F2N2O/c1-8-10(13(8,14)15)7-17-11-6-4-3-5-9(11)12(18)16(17)2/h3-6,8,10H,7H2,1-2H3/t8-,10-/m1/s1. The molecule has 0 radical (unpaired) electrons. The maximum Gasteiger partial charge on any atom is 0.274 e. The van der Waals surface area contributed by atoms with Gasteiger partial charge >= 0.3 is 0 Å². The van der Waals surface area contributed by atoms with Crippen molar-refractivity contribution in [1.29, 1.82) is 0 Å². The lowest BCUT2D eigenvalue weighted by Gasteiger charge is -2.08. The Bertz CT molecular complexity index is 671.